The van der Waals surface area contributed by atoms with Crippen LogP contribution < -0.4 is 5.43 Å². The SMILES string of the molecule is C=NNC(=O)CCC(=O)OC(CC(O)C(C)(C)C)CC(C)(C)C. The summed E-state index contributed by atoms with van der Waals surface area (Å²) in [4.78, 5) is 23.2. The number of carbonyl (C=O) groups excluding carboxylic acids is 2. The smallest absolute Gasteiger partial charge is 0.306 e. The molecule has 23 heavy (non-hydrogen) atoms. The summed E-state index contributed by atoms with van der Waals surface area (Å²) in [5, 5.41) is 13.5. The van der Waals surface area contributed by atoms with Crippen LogP contribution in [0.1, 0.15) is 67.2 Å². The quantitative estimate of drug-likeness (QED) is 0.407. The fraction of sp³-hybridized carbons (Fsp3) is 0.824. The maximum absolute atomic E-state index is 11.9. The van der Waals surface area contributed by atoms with E-state index in [1.54, 1.807) is 0 Å². The van der Waals surface area contributed by atoms with Crippen LogP contribution in [0.15, 0.2) is 5.10 Å². The number of hydrogen-bond donors (Lipinski definition) is 2. The third-order valence-electron chi connectivity index (χ3n) is 3.38. The van der Waals surface area contributed by atoms with Crippen LogP contribution in [0, 0.1) is 10.8 Å². The number of rotatable bonds is 8. The molecular weight excluding hydrogens is 296 g/mol. The second-order valence-electron chi connectivity index (χ2n) is 8.19. The molecule has 0 aromatic carbocycles. The van der Waals surface area contributed by atoms with E-state index in [1.807, 2.05) is 20.8 Å². The van der Waals surface area contributed by atoms with Gasteiger partial charge in [0.15, 0.2) is 0 Å². The van der Waals surface area contributed by atoms with Gasteiger partial charge in [0.05, 0.1) is 12.5 Å². The van der Waals surface area contributed by atoms with Crippen molar-refractivity contribution < 1.29 is 19.4 Å². The predicted octanol–water partition coefficient (Wildman–Crippen LogP) is 2.64. The number of hydrazone groups is 1. The Labute approximate surface area is 139 Å². The second-order valence-corrected chi connectivity index (χ2v) is 8.19. The lowest BCUT2D eigenvalue weighted by atomic mass is 9.82. The highest BCUT2D eigenvalue weighted by molar-refractivity contribution is 5.81. The zero-order valence-electron chi connectivity index (χ0n) is 15.3. The monoisotopic (exact) mass is 328 g/mol. The van der Waals surface area contributed by atoms with E-state index < -0.39 is 12.1 Å². The lowest BCUT2D eigenvalue weighted by Gasteiger charge is -2.32. The molecule has 0 aliphatic carbocycles. The van der Waals surface area contributed by atoms with Gasteiger partial charge < -0.3 is 9.84 Å². The van der Waals surface area contributed by atoms with Crippen LogP contribution in [0.2, 0.25) is 0 Å². The Morgan fingerprint density at radius 3 is 2.17 bits per heavy atom. The molecule has 0 rings (SSSR count). The first kappa shape index (κ1) is 21.6. The summed E-state index contributed by atoms with van der Waals surface area (Å²) >= 11 is 0. The van der Waals surface area contributed by atoms with Crippen molar-refractivity contribution in [3.8, 4) is 0 Å². The molecular formula is C17H32N2O4. The molecule has 0 aliphatic rings. The second kappa shape index (κ2) is 9.01. The number of nitrogens with zero attached hydrogens (tertiary/aromatic N) is 1. The van der Waals surface area contributed by atoms with Crippen molar-refractivity contribution in [2.45, 2.75) is 79.4 Å². The maximum atomic E-state index is 11.9. The Morgan fingerprint density at radius 2 is 1.74 bits per heavy atom. The fourth-order valence-corrected chi connectivity index (χ4v) is 2.06. The number of esters is 1. The largest absolute Gasteiger partial charge is 0.462 e. The van der Waals surface area contributed by atoms with Crippen LogP contribution in [0.4, 0.5) is 0 Å². The number of aliphatic hydroxyl groups is 1. The molecule has 2 N–H and O–H groups in total. The van der Waals surface area contributed by atoms with Gasteiger partial charge in [0.2, 0.25) is 5.91 Å². The third kappa shape index (κ3) is 10.8. The standard InChI is InChI=1S/C17H32N2O4/c1-16(2,3)11-12(10-13(20)17(4,5)6)23-15(22)9-8-14(21)19-18-7/h12-13,20H,7-11H2,1-6H3,(H,19,21). The number of hydrogen-bond acceptors (Lipinski definition) is 5. The predicted molar refractivity (Wildman–Crippen MR) is 91.0 cm³/mol. The molecule has 6 nitrogen and oxygen atoms in total. The van der Waals surface area contributed by atoms with Gasteiger partial charge in [0.1, 0.15) is 6.10 Å². The van der Waals surface area contributed by atoms with Crippen molar-refractivity contribution in [3.63, 3.8) is 0 Å². The third-order valence-corrected chi connectivity index (χ3v) is 3.38. The molecule has 0 aromatic rings. The van der Waals surface area contributed by atoms with Crippen LogP contribution in [0.5, 0.6) is 0 Å². The van der Waals surface area contributed by atoms with Crippen molar-refractivity contribution in [2.75, 3.05) is 0 Å². The van der Waals surface area contributed by atoms with E-state index in [0.29, 0.717) is 12.8 Å². The number of nitrogens with one attached hydrogen (secondary N) is 1. The Kier molecular flexibility index (Phi) is 8.45. The van der Waals surface area contributed by atoms with Gasteiger partial charge in [-0.15, -0.1) is 0 Å². The molecule has 2 atom stereocenters. The van der Waals surface area contributed by atoms with Gasteiger partial charge >= 0.3 is 5.97 Å². The van der Waals surface area contributed by atoms with Crippen LogP contribution in [0.25, 0.3) is 0 Å². The molecule has 0 aliphatic heterocycles. The summed E-state index contributed by atoms with van der Waals surface area (Å²) in [5.74, 6) is -0.821. The van der Waals surface area contributed by atoms with Crippen molar-refractivity contribution >= 4 is 18.6 Å². The first-order valence-electron chi connectivity index (χ1n) is 7.97. The van der Waals surface area contributed by atoms with Crippen LogP contribution in [-0.2, 0) is 14.3 Å². The molecule has 134 valence electrons. The summed E-state index contributed by atoms with van der Waals surface area (Å²) in [6.45, 7) is 15.1. The van der Waals surface area contributed by atoms with E-state index in [2.05, 4.69) is 38.0 Å². The average molecular weight is 328 g/mol. The molecule has 0 spiro atoms. The van der Waals surface area contributed by atoms with Gasteiger partial charge in [0, 0.05) is 19.6 Å². The molecule has 0 heterocycles. The molecule has 0 bridgehead atoms. The molecule has 0 aromatic heterocycles. The number of carbonyl (C=O) groups is 2. The van der Waals surface area contributed by atoms with E-state index in [1.165, 1.54) is 0 Å². The maximum Gasteiger partial charge on any atom is 0.306 e. The van der Waals surface area contributed by atoms with E-state index in [0.717, 1.165) is 0 Å². The molecule has 2 unspecified atom stereocenters. The highest BCUT2D eigenvalue weighted by atomic mass is 16.5. The number of amides is 1. The van der Waals surface area contributed by atoms with Crippen molar-refractivity contribution in [2.24, 2.45) is 15.9 Å². The van der Waals surface area contributed by atoms with Gasteiger partial charge in [-0.1, -0.05) is 41.5 Å². The normalized spacial score (nSPS) is 14.7. The Morgan fingerprint density at radius 1 is 1.17 bits per heavy atom. The number of ether oxygens (including phenoxy) is 1. The van der Waals surface area contributed by atoms with Crippen LogP contribution >= 0.6 is 0 Å². The summed E-state index contributed by atoms with van der Waals surface area (Å²) < 4.78 is 5.50. The minimum atomic E-state index is -0.573. The Bertz CT molecular complexity index is 408. The van der Waals surface area contributed by atoms with Crippen molar-refractivity contribution in [1.82, 2.24) is 5.43 Å². The molecule has 1 amide bonds. The first-order valence-corrected chi connectivity index (χ1v) is 7.97. The summed E-state index contributed by atoms with van der Waals surface area (Å²) in [6, 6.07) is 0. The Balaban J connectivity index is 4.66. The lowest BCUT2D eigenvalue weighted by Crippen LogP contribution is -2.34. The average Bonchev–Trinajstić information content (AvgIpc) is 2.33. The van der Waals surface area contributed by atoms with E-state index in [-0.39, 0.29) is 35.7 Å². The topological polar surface area (TPSA) is 88.0 Å². The summed E-state index contributed by atoms with van der Waals surface area (Å²) in [6.07, 6.45) is 0.0580. The van der Waals surface area contributed by atoms with Gasteiger partial charge in [-0.25, -0.2) is 5.43 Å². The molecule has 0 radical (unpaired) electrons. The molecule has 0 saturated heterocycles. The fourth-order valence-electron chi connectivity index (χ4n) is 2.06. The molecule has 6 heteroatoms. The number of aliphatic hydroxyl groups excluding tert-OH is 1. The first-order chi connectivity index (χ1) is 10.3. The zero-order valence-corrected chi connectivity index (χ0v) is 15.3. The van der Waals surface area contributed by atoms with Crippen LogP contribution in [0.3, 0.4) is 0 Å². The summed E-state index contributed by atoms with van der Waals surface area (Å²) in [5.41, 5.74) is 1.86. The zero-order chi connectivity index (χ0) is 18.3. The van der Waals surface area contributed by atoms with Gasteiger partial charge in [0.25, 0.3) is 0 Å². The highest BCUT2D eigenvalue weighted by Crippen LogP contribution is 2.29. The van der Waals surface area contributed by atoms with E-state index >= 15 is 0 Å². The minimum Gasteiger partial charge on any atom is -0.462 e. The summed E-state index contributed by atoms with van der Waals surface area (Å²) in [7, 11) is 0. The molecule has 0 saturated carbocycles. The van der Waals surface area contributed by atoms with E-state index in [4.69, 9.17) is 4.74 Å². The molecule has 0 fully saturated rings. The van der Waals surface area contributed by atoms with Gasteiger partial charge in [-0.05, 0) is 17.3 Å². The minimum absolute atomic E-state index is 0.00190. The van der Waals surface area contributed by atoms with Crippen molar-refractivity contribution in [1.29, 1.82) is 0 Å². The Hall–Kier alpha value is -1.43. The lowest BCUT2D eigenvalue weighted by molar-refractivity contribution is -0.154. The van der Waals surface area contributed by atoms with Gasteiger partial charge in [-0.2, -0.15) is 5.10 Å². The van der Waals surface area contributed by atoms with E-state index in [9.17, 15) is 14.7 Å². The van der Waals surface area contributed by atoms with Gasteiger partial charge in [-0.3, -0.25) is 9.59 Å². The van der Waals surface area contributed by atoms with Crippen LogP contribution in [-0.4, -0.2) is 35.9 Å². The van der Waals surface area contributed by atoms with Crippen molar-refractivity contribution in [3.05, 3.63) is 0 Å². The highest BCUT2D eigenvalue weighted by Gasteiger charge is 2.30.